The number of halogens is 1. The quantitative estimate of drug-likeness (QED) is 0.673. The normalized spacial score (nSPS) is 10.3. The Kier molecular flexibility index (Phi) is 4.27. The Morgan fingerprint density at radius 1 is 1.20 bits per heavy atom. The maximum atomic E-state index is 13.2. The molecule has 0 bridgehead atoms. The second-order valence-corrected chi connectivity index (χ2v) is 4.08. The van der Waals surface area contributed by atoms with Crippen LogP contribution >= 0.6 is 0 Å². The van der Waals surface area contributed by atoms with Crippen molar-refractivity contribution in [3.63, 3.8) is 0 Å². The number of benzene rings is 2. The summed E-state index contributed by atoms with van der Waals surface area (Å²) in [5, 5.41) is 20.0. The van der Waals surface area contributed by atoms with Gasteiger partial charge >= 0.3 is 0 Å². The minimum Gasteiger partial charge on any atom is -0.488 e. The molecule has 2 aromatic rings. The zero-order valence-corrected chi connectivity index (χ0v) is 10.5. The topological polar surface area (TPSA) is 72.6 Å². The second kappa shape index (κ2) is 6.12. The van der Waals surface area contributed by atoms with E-state index in [0.717, 1.165) is 18.2 Å². The number of aliphatic hydroxyl groups is 1. The summed E-state index contributed by atoms with van der Waals surface area (Å²) in [5.74, 6) is -0.154. The van der Waals surface area contributed by atoms with Crippen molar-refractivity contribution in [1.82, 2.24) is 0 Å². The molecule has 0 aliphatic rings. The van der Waals surface area contributed by atoms with Gasteiger partial charge in [0, 0.05) is 11.6 Å². The lowest BCUT2D eigenvalue weighted by molar-refractivity contribution is -0.385. The number of para-hydroxylation sites is 1. The number of nitrogens with zero attached hydrogens (tertiary/aromatic N) is 1. The Morgan fingerprint density at radius 2 is 1.95 bits per heavy atom. The summed E-state index contributed by atoms with van der Waals surface area (Å²) in [4.78, 5) is 10.3. The fraction of sp³-hybridized carbons (Fsp3) is 0.143. The number of rotatable bonds is 5. The van der Waals surface area contributed by atoms with Crippen LogP contribution in [0.3, 0.4) is 0 Å². The molecule has 0 aliphatic carbocycles. The Hall–Kier alpha value is -2.47. The lowest BCUT2D eigenvalue weighted by Gasteiger charge is -2.10. The molecule has 1 N–H and O–H groups in total. The Morgan fingerprint density at radius 3 is 2.65 bits per heavy atom. The molecule has 0 saturated heterocycles. The third-order valence-electron chi connectivity index (χ3n) is 2.76. The molecule has 20 heavy (non-hydrogen) atoms. The van der Waals surface area contributed by atoms with Crippen molar-refractivity contribution < 1.29 is 19.2 Å². The number of aliphatic hydroxyl groups excluding tert-OH is 1. The lowest BCUT2D eigenvalue weighted by atomic mass is 10.2. The van der Waals surface area contributed by atoms with Crippen LogP contribution in [0, 0.1) is 15.9 Å². The highest BCUT2D eigenvalue weighted by Gasteiger charge is 2.15. The summed E-state index contributed by atoms with van der Waals surface area (Å²) in [7, 11) is 0. The van der Waals surface area contributed by atoms with Gasteiger partial charge in [0.05, 0.1) is 17.1 Å². The number of ether oxygens (including phenoxy) is 1. The van der Waals surface area contributed by atoms with Crippen molar-refractivity contribution in [3.05, 3.63) is 69.5 Å². The molecule has 104 valence electrons. The van der Waals surface area contributed by atoms with Gasteiger partial charge in [-0.05, 0) is 18.2 Å². The second-order valence-electron chi connectivity index (χ2n) is 4.08. The molecule has 0 radical (unpaired) electrons. The molecule has 6 heteroatoms. The van der Waals surface area contributed by atoms with Crippen LogP contribution in [0.1, 0.15) is 11.1 Å². The van der Waals surface area contributed by atoms with Gasteiger partial charge in [0.2, 0.25) is 0 Å². The molecule has 0 atom stereocenters. The average Bonchev–Trinajstić information content (AvgIpc) is 2.45. The fourth-order valence-electron chi connectivity index (χ4n) is 1.78. The molecule has 0 saturated carbocycles. The number of nitro groups is 1. The van der Waals surface area contributed by atoms with E-state index in [1.807, 2.05) is 0 Å². The van der Waals surface area contributed by atoms with Crippen LogP contribution in [0.2, 0.25) is 0 Å². The lowest BCUT2D eigenvalue weighted by Crippen LogP contribution is -2.03. The summed E-state index contributed by atoms with van der Waals surface area (Å²) >= 11 is 0. The van der Waals surface area contributed by atoms with E-state index in [1.54, 1.807) is 24.3 Å². The summed E-state index contributed by atoms with van der Waals surface area (Å²) in [5.41, 5.74) is 0.502. The van der Waals surface area contributed by atoms with Gasteiger partial charge in [0.15, 0.2) is 0 Å². The van der Waals surface area contributed by atoms with Crippen LogP contribution in [0.15, 0.2) is 42.5 Å². The summed E-state index contributed by atoms with van der Waals surface area (Å²) in [6, 6.07) is 9.97. The van der Waals surface area contributed by atoms with Crippen LogP contribution in [0.4, 0.5) is 10.1 Å². The minimum atomic E-state index is -0.587. The molecule has 0 aliphatic heterocycles. The van der Waals surface area contributed by atoms with Crippen LogP contribution in [-0.4, -0.2) is 10.0 Å². The van der Waals surface area contributed by atoms with Crippen LogP contribution in [0.25, 0.3) is 0 Å². The van der Waals surface area contributed by atoms with E-state index in [-0.39, 0.29) is 24.5 Å². The van der Waals surface area contributed by atoms with Crippen molar-refractivity contribution >= 4 is 5.69 Å². The first kappa shape index (κ1) is 14.0. The van der Waals surface area contributed by atoms with E-state index in [0.29, 0.717) is 11.3 Å². The molecule has 0 unspecified atom stereocenters. The maximum absolute atomic E-state index is 13.2. The Balaban J connectivity index is 2.22. The molecule has 0 aromatic heterocycles. The van der Waals surface area contributed by atoms with E-state index in [1.165, 1.54) is 0 Å². The van der Waals surface area contributed by atoms with Crippen LogP contribution in [0.5, 0.6) is 5.75 Å². The Labute approximate surface area is 114 Å². The molecular formula is C14H12FNO4. The average molecular weight is 277 g/mol. The predicted molar refractivity (Wildman–Crippen MR) is 69.8 cm³/mol. The summed E-state index contributed by atoms with van der Waals surface area (Å²) < 4.78 is 18.6. The smallest absolute Gasteiger partial charge is 0.276 e. The van der Waals surface area contributed by atoms with Crippen LogP contribution in [-0.2, 0) is 13.2 Å². The van der Waals surface area contributed by atoms with E-state index in [9.17, 15) is 14.5 Å². The first-order chi connectivity index (χ1) is 9.61. The highest BCUT2D eigenvalue weighted by Crippen LogP contribution is 2.23. The number of hydrogen-bond donors (Lipinski definition) is 1. The minimum absolute atomic E-state index is 0.141. The first-order valence-corrected chi connectivity index (χ1v) is 5.86. The van der Waals surface area contributed by atoms with Crippen LogP contribution < -0.4 is 4.74 Å². The van der Waals surface area contributed by atoms with Gasteiger partial charge in [-0.1, -0.05) is 18.2 Å². The van der Waals surface area contributed by atoms with Crippen molar-refractivity contribution in [1.29, 1.82) is 0 Å². The van der Waals surface area contributed by atoms with Crippen molar-refractivity contribution in [2.45, 2.75) is 13.2 Å². The predicted octanol–water partition coefficient (Wildman–Crippen LogP) is 2.81. The number of hydrogen-bond acceptors (Lipinski definition) is 4. The summed E-state index contributed by atoms with van der Waals surface area (Å²) in [6.45, 7) is -0.355. The van der Waals surface area contributed by atoms with E-state index in [4.69, 9.17) is 9.84 Å². The van der Waals surface area contributed by atoms with E-state index in [2.05, 4.69) is 0 Å². The zero-order chi connectivity index (χ0) is 14.5. The van der Waals surface area contributed by atoms with Gasteiger partial charge in [-0.2, -0.15) is 0 Å². The third-order valence-corrected chi connectivity index (χ3v) is 2.76. The molecular weight excluding hydrogens is 265 g/mol. The standard InChI is InChI=1S/C14H12FNO4/c15-12-5-6-13(16(18)19)11(7-12)9-20-14-4-2-1-3-10(14)8-17/h1-7,17H,8-9H2. The van der Waals surface area contributed by atoms with Gasteiger partial charge in [0.25, 0.3) is 5.69 Å². The highest BCUT2D eigenvalue weighted by molar-refractivity contribution is 5.40. The zero-order valence-electron chi connectivity index (χ0n) is 10.5. The molecule has 5 nitrogen and oxygen atoms in total. The number of nitro benzene ring substituents is 1. The molecule has 2 aromatic carbocycles. The first-order valence-electron chi connectivity index (χ1n) is 5.86. The Bertz CT molecular complexity index is 630. The van der Waals surface area contributed by atoms with Crippen molar-refractivity contribution in [3.8, 4) is 5.75 Å². The van der Waals surface area contributed by atoms with Gasteiger partial charge in [-0.25, -0.2) is 4.39 Å². The monoisotopic (exact) mass is 277 g/mol. The van der Waals surface area contributed by atoms with Gasteiger partial charge in [-0.3, -0.25) is 10.1 Å². The van der Waals surface area contributed by atoms with Crippen molar-refractivity contribution in [2.24, 2.45) is 0 Å². The van der Waals surface area contributed by atoms with Gasteiger partial charge in [-0.15, -0.1) is 0 Å². The highest BCUT2D eigenvalue weighted by atomic mass is 19.1. The summed E-state index contributed by atoms with van der Waals surface area (Å²) in [6.07, 6.45) is 0. The van der Waals surface area contributed by atoms with E-state index < -0.39 is 10.7 Å². The largest absolute Gasteiger partial charge is 0.488 e. The molecule has 0 fully saturated rings. The SMILES string of the molecule is O=[N+]([O-])c1ccc(F)cc1COc1ccccc1CO. The third kappa shape index (κ3) is 3.10. The fourth-order valence-corrected chi connectivity index (χ4v) is 1.78. The van der Waals surface area contributed by atoms with Gasteiger partial charge < -0.3 is 9.84 Å². The molecule has 0 spiro atoms. The van der Waals surface area contributed by atoms with E-state index >= 15 is 0 Å². The van der Waals surface area contributed by atoms with Crippen molar-refractivity contribution in [2.75, 3.05) is 0 Å². The molecule has 0 amide bonds. The molecule has 0 heterocycles. The molecule has 2 rings (SSSR count). The maximum Gasteiger partial charge on any atom is 0.276 e. The van der Waals surface area contributed by atoms with Gasteiger partial charge in [0.1, 0.15) is 18.2 Å².